The lowest BCUT2D eigenvalue weighted by Gasteiger charge is -2.13. The molecule has 0 unspecified atom stereocenters. The molecule has 0 spiro atoms. The SMILES string of the molecule is CNC(=O)c1ccc(NCc2cccc(C)c2C)c(C)c1. The first-order chi connectivity index (χ1) is 10.0. The summed E-state index contributed by atoms with van der Waals surface area (Å²) in [6.07, 6.45) is 0. The third kappa shape index (κ3) is 3.43. The fourth-order valence-electron chi connectivity index (χ4n) is 2.34. The predicted molar refractivity (Wildman–Crippen MR) is 87.8 cm³/mol. The number of anilines is 1. The first-order valence-electron chi connectivity index (χ1n) is 7.14. The number of benzene rings is 2. The Balaban J connectivity index is 2.13. The van der Waals surface area contributed by atoms with Gasteiger partial charge in [0.05, 0.1) is 0 Å². The maximum absolute atomic E-state index is 11.6. The molecule has 0 saturated heterocycles. The van der Waals surface area contributed by atoms with Gasteiger partial charge in [-0.1, -0.05) is 18.2 Å². The van der Waals surface area contributed by atoms with Crippen molar-refractivity contribution in [3.05, 3.63) is 64.2 Å². The van der Waals surface area contributed by atoms with Crippen LogP contribution < -0.4 is 10.6 Å². The molecule has 2 aromatic carbocycles. The van der Waals surface area contributed by atoms with Crippen LogP contribution in [0, 0.1) is 20.8 Å². The average Bonchev–Trinajstić information content (AvgIpc) is 2.49. The van der Waals surface area contributed by atoms with E-state index in [1.807, 2.05) is 25.1 Å². The van der Waals surface area contributed by atoms with Crippen molar-refractivity contribution in [2.75, 3.05) is 12.4 Å². The smallest absolute Gasteiger partial charge is 0.251 e. The second-order valence-corrected chi connectivity index (χ2v) is 5.32. The molecule has 2 aromatic rings. The zero-order valence-electron chi connectivity index (χ0n) is 13.1. The summed E-state index contributed by atoms with van der Waals surface area (Å²) in [5.41, 5.74) is 6.74. The maximum atomic E-state index is 11.6. The summed E-state index contributed by atoms with van der Waals surface area (Å²) < 4.78 is 0. The van der Waals surface area contributed by atoms with Gasteiger partial charge in [-0.25, -0.2) is 0 Å². The molecule has 0 aromatic heterocycles. The van der Waals surface area contributed by atoms with Crippen molar-refractivity contribution < 1.29 is 4.79 Å². The van der Waals surface area contributed by atoms with Crippen LogP contribution in [0.3, 0.4) is 0 Å². The number of carbonyl (C=O) groups is 1. The largest absolute Gasteiger partial charge is 0.381 e. The minimum absolute atomic E-state index is 0.0563. The van der Waals surface area contributed by atoms with Crippen molar-refractivity contribution in [2.24, 2.45) is 0 Å². The fraction of sp³-hybridized carbons (Fsp3) is 0.278. The summed E-state index contributed by atoms with van der Waals surface area (Å²) in [5, 5.41) is 6.09. The van der Waals surface area contributed by atoms with E-state index in [9.17, 15) is 4.79 Å². The fourth-order valence-corrected chi connectivity index (χ4v) is 2.34. The normalized spacial score (nSPS) is 10.3. The van der Waals surface area contributed by atoms with Gasteiger partial charge in [-0.3, -0.25) is 4.79 Å². The first-order valence-corrected chi connectivity index (χ1v) is 7.14. The van der Waals surface area contributed by atoms with Crippen LogP contribution in [-0.2, 0) is 6.54 Å². The van der Waals surface area contributed by atoms with E-state index >= 15 is 0 Å². The third-order valence-corrected chi connectivity index (χ3v) is 3.90. The van der Waals surface area contributed by atoms with Crippen molar-refractivity contribution in [2.45, 2.75) is 27.3 Å². The van der Waals surface area contributed by atoms with E-state index in [-0.39, 0.29) is 5.91 Å². The molecular formula is C18H22N2O. The number of nitrogens with one attached hydrogen (secondary N) is 2. The van der Waals surface area contributed by atoms with Crippen LogP contribution in [-0.4, -0.2) is 13.0 Å². The molecule has 0 radical (unpaired) electrons. The Morgan fingerprint density at radius 3 is 2.48 bits per heavy atom. The molecule has 2 N–H and O–H groups in total. The Bertz CT molecular complexity index is 662. The minimum Gasteiger partial charge on any atom is -0.381 e. The highest BCUT2D eigenvalue weighted by Crippen LogP contribution is 2.19. The van der Waals surface area contributed by atoms with Crippen LogP contribution in [0.25, 0.3) is 0 Å². The molecule has 0 bridgehead atoms. The Kier molecular flexibility index (Phi) is 4.63. The predicted octanol–water partition coefficient (Wildman–Crippen LogP) is 3.58. The molecule has 3 nitrogen and oxygen atoms in total. The number of hydrogen-bond donors (Lipinski definition) is 2. The highest BCUT2D eigenvalue weighted by atomic mass is 16.1. The number of amides is 1. The van der Waals surface area contributed by atoms with E-state index < -0.39 is 0 Å². The number of carbonyl (C=O) groups excluding carboxylic acids is 1. The highest BCUT2D eigenvalue weighted by molar-refractivity contribution is 5.94. The molecule has 2 rings (SSSR count). The lowest BCUT2D eigenvalue weighted by Crippen LogP contribution is -2.17. The second kappa shape index (κ2) is 6.44. The Hall–Kier alpha value is -2.29. The molecule has 0 heterocycles. The van der Waals surface area contributed by atoms with Crippen LogP contribution >= 0.6 is 0 Å². The topological polar surface area (TPSA) is 41.1 Å². The molecule has 0 aliphatic carbocycles. The van der Waals surface area contributed by atoms with Gasteiger partial charge in [0.1, 0.15) is 0 Å². The average molecular weight is 282 g/mol. The molecule has 0 atom stereocenters. The molecule has 0 aliphatic heterocycles. The lowest BCUT2D eigenvalue weighted by molar-refractivity contribution is 0.0963. The molecule has 21 heavy (non-hydrogen) atoms. The van der Waals surface area contributed by atoms with Gasteiger partial charge in [-0.2, -0.15) is 0 Å². The van der Waals surface area contributed by atoms with E-state index in [0.717, 1.165) is 17.8 Å². The van der Waals surface area contributed by atoms with Gasteiger partial charge < -0.3 is 10.6 Å². The third-order valence-electron chi connectivity index (χ3n) is 3.90. The van der Waals surface area contributed by atoms with Crippen molar-refractivity contribution in [1.82, 2.24) is 5.32 Å². The van der Waals surface area contributed by atoms with E-state index in [0.29, 0.717) is 5.56 Å². The zero-order valence-corrected chi connectivity index (χ0v) is 13.1. The minimum atomic E-state index is -0.0563. The van der Waals surface area contributed by atoms with Gasteiger partial charge in [0.25, 0.3) is 5.91 Å². The quantitative estimate of drug-likeness (QED) is 0.900. The maximum Gasteiger partial charge on any atom is 0.251 e. The van der Waals surface area contributed by atoms with Gasteiger partial charge >= 0.3 is 0 Å². The van der Waals surface area contributed by atoms with E-state index in [2.05, 4.69) is 42.7 Å². The summed E-state index contributed by atoms with van der Waals surface area (Å²) in [6.45, 7) is 7.07. The van der Waals surface area contributed by atoms with E-state index in [1.54, 1.807) is 7.05 Å². The summed E-state index contributed by atoms with van der Waals surface area (Å²) in [7, 11) is 1.64. The summed E-state index contributed by atoms with van der Waals surface area (Å²) in [5.74, 6) is -0.0563. The molecule has 3 heteroatoms. The summed E-state index contributed by atoms with van der Waals surface area (Å²) in [4.78, 5) is 11.6. The molecule has 0 saturated carbocycles. The highest BCUT2D eigenvalue weighted by Gasteiger charge is 2.06. The van der Waals surface area contributed by atoms with Crippen LogP contribution in [0.15, 0.2) is 36.4 Å². The Labute approximate surface area is 126 Å². The Morgan fingerprint density at radius 1 is 1.05 bits per heavy atom. The van der Waals surface area contributed by atoms with Crippen molar-refractivity contribution in [1.29, 1.82) is 0 Å². The second-order valence-electron chi connectivity index (χ2n) is 5.32. The van der Waals surface area contributed by atoms with Gasteiger partial charge in [0, 0.05) is 24.8 Å². The number of hydrogen-bond acceptors (Lipinski definition) is 2. The number of rotatable bonds is 4. The van der Waals surface area contributed by atoms with Gasteiger partial charge in [-0.05, 0) is 61.2 Å². The molecular weight excluding hydrogens is 260 g/mol. The van der Waals surface area contributed by atoms with Crippen LogP contribution in [0.2, 0.25) is 0 Å². The van der Waals surface area contributed by atoms with Gasteiger partial charge in [0.15, 0.2) is 0 Å². The van der Waals surface area contributed by atoms with Crippen LogP contribution in [0.4, 0.5) is 5.69 Å². The molecule has 0 fully saturated rings. The standard InChI is InChI=1S/C18H22N2O/c1-12-6-5-7-16(14(12)3)11-20-17-9-8-15(10-13(17)2)18(21)19-4/h5-10,20H,11H2,1-4H3,(H,19,21). The first kappa shape index (κ1) is 15.1. The van der Waals surface area contributed by atoms with Crippen molar-refractivity contribution in [3.63, 3.8) is 0 Å². The lowest BCUT2D eigenvalue weighted by atomic mass is 10.0. The van der Waals surface area contributed by atoms with E-state index in [4.69, 9.17) is 0 Å². The summed E-state index contributed by atoms with van der Waals surface area (Å²) in [6, 6.07) is 12.1. The van der Waals surface area contributed by atoms with Crippen LogP contribution in [0.1, 0.15) is 32.6 Å². The van der Waals surface area contributed by atoms with Gasteiger partial charge in [0.2, 0.25) is 0 Å². The number of aryl methyl sites for hydroxylation is 2. The van der Waals surface area contributed by atoms with Gasteiger partial charge in [-0.15, -0.1) is 0 Å². The summed E-state index contributed by atoms with van der Waals surface area (Å²) >= 11 is 0. The molecule has 110 valence electrons. The van der Waals surface area contributed by atoms with Crippen molar-refractivity contribution >= 4 is 11.6 Å². The van der Waals surface area contributed by atoms with E-state index in [1.165, 1.54) is 16.7 Å². The monoisotopic (exact) mass is 282 g/mol. The molecule has 1 amide bonds. The van der Waals surface area contributed by atoms with Crippen molar-refractivity contribution in [3.8, 4) is 0 Å². The van der Waals surface area contributed by atoms with Crippen LogP contribution in [0.5, 0.6) is 0 Å². The Morgan fingerprint density at radius 2 is 1.81 bits per heavy atom. The molecule has 0 aliphatic rings. The zero-order chi connectivity index (χ0) is 15.4.